The van der Waals surface area contributed by atoms with E-state index in [1.165, 1.54) is 0 Å². The van der Waals surface area contributed by atoms with E-state index in [-0.39, 0.29) is 5.63 Å². The summed E-state index contributed by atoms with van der Waals surface area (Å²) in [4.78, 5) is 19.4. The number of benzene rings is 1. The topological polar surface area (TPSA) is 68.1 Å². The van der Waals surface area contributed by atoms with E-state index in [1.807, 2.05) is 18.2 Å². The standard InChI is InChI=1S/C14H14N2O3/c1-18-8-4-7-11-15-12-9-5-2-3-6-10(9)19-14(17)13(12)16-11/h2-3,5-6H,4,7-8H2,1H3,(H,15,16). The summed E-state index contributed by atoms with van der Waals surface area (Å²) in [5.74, 6) is 0.788. The molecule has 0 aliphatic rings. The van der Waals surface area contributed by atoms with E-state index in [0.29, 0.717) is 23.2 Å². The van der Waals surface area contributed by atoms with E-state index in [0.717, 1.165) is 24.1 Å². The SMILES string of the molecule is COCCCc1nc2c([nH]1)c(=O)oc1ccccc12. The van der Waals surface area contributed by atoms with Gasteiger partial charge < -0.3 is 14.1 Å². The van der Waals surface area contributed by atoms with Crippen LogP contribution in [-0.4, -0.2) is 23.7 Å². The lowest BCUT2D eigenvalue weighted by Crippen LogP contribution is -1.99. The molecule has 0 saturated carbocycles. The Hall–Kier alpha value is -2.14. The van der Waals surface area contributed by atoms with E-state index in [1.54, 1.807) is 13.2 Å². The number of hydrogen-bond donors (Lipinski definition) is 1. The van der Waals surface area contributed by atoms with Crippen LogP contribution in [0.4, 0.5) is 0 Å². The number of imidazole rings is 1. The summed E-state index contributed by atoms with van der Waals surface area (Å²) in [6, 6.07) is 7.42. The number of aromatic amines is 1. The molecular weight excluding hydrogens is 244 g/mol. The molecule has 98 valence electrons. The predicted molar refractivity (Wildman–Crippen MR) is 72.3 cm³/mol. The molecule has 0 bridgehead atoms. The summed E-state index contributed by atoms with van der Waals surface area (Å²) in [7, 11) is 1.67. The average Bonchev–Trinajstić information content (AvgIpc) is 2.84. The van der Waals surface area contributed by atoms with Crippen LogP contribution in [0, 0.1) is 0 Å². The molecule has 2 heterocycles. The summed E-state index contributed by atoms with van der Waals surface area (Å²) in [6.07, 6.45) is 1.61. The molecular formula is C14H14N2O3. The van der Waals surface area contributed by atoms with Crippen LogP contribution in [0.5, 0.6) is 0 Å². The predicted octanol–water partition coefficient (Wildman–Crippen LogP) is 2.25. The number of rotatable bonds is 4. The van der Waals surface area contributed by atoms with Crippen molar-refractivity contribution in [1.82, 2.24) is 9.97 Å². The summed E-state index contributed by atoms with van der Waals surface area (Å²) < 4.78 is 10.3. The maximum Gasteiger partial charge on any atom is 0.362 e. The van der Waals surface area contributed by atoms with Crippen LogP contribution >= 0.6 is 0 Å². The fourth-order valence-corrected chi connectivity index (χ4v) is 2.17. The van der Waals surface area contributed by atoms with Gasteiger partial charge in [-0.05, 0) is 18.6 Å². The zero-order chi connectivity index (χ0) is 13.2. The monoisotopic (exact) mass is 258 g/mol. The van der Waals surface area contributed by atoms with E-state index in [4.69, 9.17) is 9.15 Å². The third kappa shape index (κ3) is 2.13. The third-order valence-electron chi connectivity index (χ3n) is 3.06. The van der Waals surface area contributed by atoms with Crippen molar-refractivity contribution in [2.24, 2.45) is 0 Å². The van der Waals surface area contributed by atoms with Gasteiger partial charge in [-0.3, -0.25) is 0 Å². The van der Waals surface area contributed by atoms with E-state index >= 15 is 0 Å². The minimum atomic E-state index is -0.376. The highest BCUT2D eigenvalue weighted by Crippen LogP contribution is 2.20. The van der Waals surface area contributed by atoms with Crippen LogP contribution in [0.15, 0.2) is 33.5 Å². The number of methoxy groups -OCH3 is 1. The van der Waals surface area contributed by atoms with Gasteiger partial charge in [-0.1, -0.05) is 12.1 Å². The fraction of sp³-hybridized carbons (Fsp3) is 0.286. The van der Waals surface area contributed by atoms with Crippen LogP contribution < -0.4 is 5.63 Å². The molecule has 0 radical (unpaired) electrons. The molecule has 0 fully saturated rings. The zero-order valence-electron chi connectivity index (χ0n) is 10.6. The van der Waals surface area contributed by atoms with Gasteiger partial charge in [0.05, 0.1) is 0 Å². The highest BCUT2D eigenvalue weighted by molar-refractivity contribution is 6.00. The third-order valence-corrected chi connectivity index (χ3v) is 3.06. The molecule has 0 aliphatic carbocycles. The lowest BCUT2D eigenvalue weighted by Gasteiger charge is -1.95. The number of ether oxygens (including phenoxy) is 1. The van der Waals surface area contributed by atoms with Crippen molar-refractivity contribution in [3.8, 4) is 0 Å². The Bertz CT molecular complexity index is 773. The van der Waals surface area contributed by atoms with Crippen LogP contribution in [0.1, 0.15) is 12.2 Å². The van der Waals surface area contributed by atoms with Crippen LogP contribution in [-0.2, 0) is 11.2 Å². The molecule has 0 atom stereocenters. The van der Waals surface area contributed by atoms with Crippen molar-refractivity contribution in [2.75, 3.05) is 13.7 Å². The summed E-state index contributed by atoms with van der Waals surface area (Å²) in [6.45, 7) is 0.673. The summed E-state index contributed by atoms with van der Waals surface area (Å²) in [5, 5.41) is 0.853. The Kier molecular flexibility index (Phi) is 3.05. The van der Waals surface area contributed by atoms with Gasteiger partial charge in [0, 0.05) is 25.5 Å². The molecule has 0 saturated heterocycles. The van der Waals surface area contributed by atoms with Gasteiger partial charge in [0.15, 0.2) is 5.52 Å². The molecule has 5 heteroatoms. The Morgan fingerprint density at radius 3 is 3.05 bits per heavy atom. The molecule has 5 nitrogen and oxygen atoms in total. The Labute approximate surface area is 109 Å². The second kappa shape index (κ2) is 4.85. The van der Waals surface area contributed by atoms with Crippen molar-refractivity contribution in [3.05, 3.63) is 40.5 Å². The molecule has 1 N–H and O–H groups in total. The zero-order valence-corrected chi connectivity index (χ0v) is 10.6. The highest BCUT2D eigenvalue weighted by atomic mass is 16.5. The number of para-hydroxylation sites is 1. The van der Waals surface area contributed by atoms with Gasteiger partial charge in [-0.2, -0.15) is 0 Å². The first-order valence-corrected chi connectivity index (χ1v) is 6.19. The van der Waals surface area contributed by atoms with Crippen LogP contribution in [0.3, 0.4) is 0 Å². The first-order chi connectivity index (χ1) is 9.29. The van der Waals surface area contributed by atoms with Crippen molar-refractivity contribution in [2.45, 2.75) is 12.8 Å². The molecule has 0 amide bonds. The number of aryl methyl sites for hydroxylation is 1. The Balaban J connectivity index is 2.13. The summed E-state index contributed by atoms with van der Waals surface area (Å²) in [5.41, 5.74) is 1.31. The lowest BCUT2D eigenvalue weighted by molar-refractivity contribution is 0.194. The average molecular weight is 258 g/mol. The Morgan fingerprint density at radius 1 is 1.37 bits per heavy atom. The molecule has 3 rings (SSSR count). The number of nitrogens with zero attached hydrogens (tertiary/aromatic N) is 1. The number of aromatic nitrogens is 2. The van der Waals surface area contributed by atoms with Gasteiger partial charge >= 0.3 is 5.63 Å². The van der Waals surface area contributed by atoms with Gasteiger partial charge in [-0.25, -0.2) is 9.78 Å². The van der Waals surface area contributed by atoms with E-state index in [2.05, 4.69) is 9.97 Å². The highest BCUT2D eigenvalue weighted by Gasteiger charge is 2.11. The second-order valence-electron chi connectivity index (χ2n) is 4.39. The van der Waals surface area contributed by atoms with Gasteiger partial charge in [-0.15, -0.1) is 0 Å². The maximum absolute atomic E-state index is 11.9. The summed E-state index contributed by atoms with van der Waals surface area (Å²) >= 11 is 0. The number of hydrogen-bond acceptors (Lipinski definition) is 4. The minimum Gasteiger partial charge on any atom is -0.421 e. The molecule has 2 aromatic heterocycles. The molecule has 0 unspecified atom stereocenters. The van der Waals surface area contributed by atoms with Gasteiger partial charge in [0.2, 0.25) is 0 Å². The van der Waals surface area contributed by atoms with Crippen LogP contribution in [0.25, 0.3) is 22.0 Å². The van der Waals surface area contributed by atoms with E-state index < -0.39 is 0 Å². The Morgan fingerprint density at radius 2 is 2.21 bits per heavy atom. The lowest BCUT2D eigenvalue weighted by atomic mass is 10.2. The number of H-pyrrole nitrogens is 1. The molecule has 0 aliphatic heterocycles. The first-order valence-electron chi connectivity index (χ1n) is 6.19. The van der Waals surface area contributed by atoms with Gasteiger partial charge in [0.25, 0.3) is 0 Å². The van der Waals surface area contributed by atoms with Gasteiger partial charge in [0.1, 0.15) is 16.9 Å². The molecule has 3 aromatic rings. The fourth-order valence-electron chi connectivity index (χ4n) is 2.17. The van der Waals surface area contributed by atoms with E-state index in [9.17, 15) is 4.79 Å². The minimum absolute atomic E-state index is 0.376. The van der Waals surface area contributed by atoms with Crippen molar-refractivity contribution in [1.29, 1.82) is 0 Å². The van der Waals surface area contributed by atoms with Crippen molar-refractivity contribution < 1.29 is 9.15 Å². The smallest absolute Gasteiger partial charge is 0.362 e. The quantitative estimate of drug-likeness (QED) is 0.575. The number of fused-ring (bicyclic) bond motifs is 3. The van der Waals surface area contributed by atoms with Crippen LogP contribution in [0.2, 0.25) is 0 Å². The number of nitrogens with one attached hydrogen (secondary N) is 1. The van der Waals surface area contributed by atoms with Crippen molar-refractivity contribution in [3.63, 3.8) is 0 Å². The normalized spacial score (nSPS) is 11.4. The molecule has 19 heavy (non-hydrogen) atoms. The molecule has 1 aromatic carbocycles. The van der Waals surface area contributed by atoms with Crippen molar-refractivity contribution >= 4 is 22.0 Å². The second-order valence-corrected chi connectivity index (χ2v) is 4.39. The largest absolute Gasteiger partial charge is 0.421 e. The first kappa shape index (κ1) is 11.9. The molecule has 0 spiro atoms. The maximum atomic E-state index is 11.9.